The summed E-state index contributed by atoms with van der Waals surface area (Å²) in [5.41, 5.74) is 0. The third kappa shape index (κ3) is 2.65. The van der Waals surface area contributed by atoms with Gasteiger partial charge in [-0.3, -0.25) is 9.80 Å². The zero-order valence-electron chi connectivity index (χ0n) is 13.1. The topological polar surface area (TPSA) is 18.5 Å². The fourth-order valence-corrected chi connectivity index (χ4v) is 5.03. The van der Waals surface area contributed by atoms with E-state index in [1.807, 2.05) is 0 Å². The fraction of sp³-hybridized carbons (Fsp3) is 1.00. The van der Waals surface area contributed by atoms with Crippen LogP contribution in [0.4, 0.5) is 0 Å². The molecule has 4 fully saturated rings. The molecule has 0 radical (unpaired) electrons. The lowest BCUT2D eigenvalue weighted by atomic mass is 9.96. The normalized spacial score (nSPS) is 41.7. The maximum absolute atomic E-state index is 3.81. The first kappa shape index (κ1) is 13.5. The maximum Gasteiger partial charge on any atom is 0.0238 e. The van der Waals surface area contributed by atoms with Crippen molar-refractivity contribution in [1.82, 2.24) is 15.1 Å². The Balaban J connectivity index is 1.41. The largest absolute Gasteiger partial charge is 0.311 e. The molecule has 0 spiro atoms. The first-order valence-electron chi connectivity index (χ1n) is 9.09. The number of hydrogen-bond donors (Lipinski definition) is 1. The summed E-state index contributed by atoms with van der Waals surface area (Å²) in [6.45, 7) is 6.42. The molecular weight excluding hydrogens is 246 g/mol. The first-order chi connectivity index (χ1) is 9.83. The van der Waals surface area contributed by atoms with Crippen LogP contribution in [-0.2, 0) is 0 Å². The van der Waals surface area contributed by atoms with Gasteiger partial charge in [-0.1, -0.05) is 6.92 Å². The van der Waals surface area contributed by atoms with E-state index in [0.717, 1.165) is 30.2 Å². The summed E-state index contributed by atoms with van der Waals surface area (Å²) in [6, 6.07) is 4.36. The molecule has 3 unspecified atom stereocenters. The lowest BCUT2D eigenvalue weighted by Crippen LogP contribution is -2.52. The molecule has 1 N–H and O–H groups in total. The number of rotatable bonds is 5. The van der Waals surface area contributed by atoms with Gasteiger partial charge in [0, 0.05) is 43.3 Å². The highest BCUT2D eigenvalue weighted by molar-refractivity contribution is 4.99. The molecule has 1 aliphatic carbocycles. The quantitative estimate of drug-likeness (QED) is 0.831. The van der Waals surface area contributed by atoms with E-state index >= 15 is 0 Å². The van der Waals surface area contributed by atoms with Crippen molar-refractivity contribution in [3.63, 3.8) is 0 Å². The van der Waals surface area contributed by atoms with E-state index in [2.05, 4.69) is 22.0 Å². The minimum absolute atomic E-state index is 0.832. The molecule has 1 saturated carbocycles. The molecule has 0 aromatic rings. The molecule has 3 aliphatic heterocycles. The lowest BCUT2D eigenvalue weighted by Gasteiger charge is -2.41. The highest BCUT2D eigenvalue weighted by atomic mass is 15.3. The second kappa shape index (κ2) is 5.58. The summed E-state index contributed by atoms with van der Waals surface area (Å²) in [6.07, 6.45) is 11.4. The maximum atomic E-state index is 3.81. The van der Waals surface area contributed by atoms with Crippen LogP contribution in [-0.4, -0.2) is 59.6 Å². The fourth-order valence-electron chi connectivity index (χ4n) is 5.03. The van der Waals surface area contributed by atoms with Crippen molar-refractivity contribution < 1.29 is 0 Å². The van der Waals surface area contributed by atoms with E-state index in [4.69, 9.17) is 0 Å². The standard InChI is InChI=1S/C17H31N3/c1-2-8-20(16-7-9-19(12-16)15-5-6-15)17-10-13-3-4-14(11-17)18-13/h13-18H,2-12H2,1H3. The van der Waals surface area contributed by atoms with Crippen LogP contribution in [0.3, 0.4) is 0 Å². The Morgan fingerprint density at radius 2 is 1.75 bits per heavy atom. The van der Waals surface area contributed by atoms with E-state index in [9.17, 15) is 0 Å². The number of fused-ring (bicyclic) bond motifs is 2. The van der Waals surface area contributed by atoms with Gasteiger partial charge in [-0.05, 0) is 57.9 Å². The summed E-state index contributed by atoms with van der Waals surface area (Å²) >= 11 is 0. The van der Waals surface area contributed by atoms with Crippen LogP contribution in [0.1, 0.15) is 58.3 Å². The van der Waals surface area contributed by atoms with E-state index in [0.29, 0.717) is 0 Å². The van der Waals surface area contributed by atoms with Crippen LogP contribution in [0.15, 0.2) is 0 Å². The summed E-state index contributed by atoms with van der Waals surface area (Å²) in [7, 11) is 0. The molecule has 4 rings (SSSR count). The van der Waals surface area contributed by atoms with Crippen molar-refractivity contribution in [1.29, 1.82) is 0 Å². The van der Waals surface area contributed by atoms with Crippen LogP contribution < -0.4 is 5.32 Å². The summed E-state index contributed by atoms with van der Waals surface area (Å²) < 4.78 is 0. The van der Waals surface area contributed by atoms with Gasteiger partial charge in [0.1, 0.15) is 0 Å². The van der Waals surface area contributed by atoms with Crippen LogP contribution in [0.25, 0.3) is 0 Å². The Hall–Kier alpha value is -0.120. The molecule has 0 amide bonds. The van der Waals surface area contributed by atoms with E-state index < -0.39 is 0 Å². The summed E-state index contributed by atoms with van der Waals surface area (Å²) in [5, 5.41) is 3.81. The second-order valence-corrected chi connectivity index (χ2v) is 7.67. The zero-order chi connectivity index (χ0) is 13.5. The van der Waals surface area contributed by atoms with Gasteiger partial charge in [0.25, 0.3) is 0 Å². The number of nitrogens with one attached hydrogen (secondary N) is 1. The third-order valence-corrected chi connectivity index (χ3v) is 6.13. The SMILES string of the molecule is CCCN(C1CC2CCC(C1)N2)C1CCN(C2CC2)C1. The molecule has 0 aromatic heterocycles. The van der Waals surface area contributed by atoms with Crippen LogP contribution in [0, 0.1) is 0 Å². The molecule has 2 bridgehead atoms. The molecule has 3 nitrogen and oxygen atoms in total. The predicted octanol–water partition coefficient (Wildman–Crippen LogP) is 2.22. The van der Waals surface area contributed by atoms with Gasteiger partial charge < -0.3 is 5.32 Å². The zero-order valence-corrected chi connectivity index (χ0v) is 13.1. The smallest absolute Gasteiger partial charge is 0.0238 e. The molecule has 4 aliphatic rings. The van der Waals surface area contributed by atoms with Gasteiger partial charge in [0.05, 0.1) is 0 Å². The van der Waals surface area contributed by atoms with E-state index in [1.165, 1.54) is 71.0 Å². The van der Waals surface area contributed by atoms with Crippen molar-refractivity contribution in [2.75, 3.05) is 19.6 Å². The van der Waals surface area contributed by atoms with Gasteiger partial charge in [-0.2, -0.15) is 0 Å². The molecule has 3 saturated heterocycles. The molecule has 3 heterocycles. The Morgan fingerprint density at radius 3 is 2.40 bits per heavy atom. The molecule has 20 heavy (non-hydrogen) atoms. The van der Waals surface area contributed by atoms with Crippen molar-refractivity contribution in [2.45, 2.75) is 88.5 Å². The number of likely N-dealkylation sites (tertiary alicyclic amines) is 1. The van der Waals surface area contributed by atoms with Crippen LogP contribution in [0.5, 0.6) is 0 Å². The summed E-state index contributed by atoms with van der Waals surface area (Å²) in [5.74, 6) is 0. The first-order valence-corrected chi connectivity index (χ1v) is 9.09. The van der Waals surface area contributed by atoms with Crippen LogP contribution in [0.2, 0.25) is 0 Å². The Kier molecular flexibility index (Phi) is 3.78. The summed E-state index contributed by atoms with van der Waals surface area (Å²) in [4.78, 5) is 5.71. The predicted molar refractivity (Wildman–Crippen MR) is 83.0 cm³/mol. The Labute approximate surface area is 124 Å². The van der Waals surface area contributed by atoms with Gasteiger partial charge in [0.2, 0.25) is 0 Å². The monoisotopic (exact) mass is 277 g/mol. The van der Waals surface area contributed by atoms with Crippen molar-refractivity contribution in [3.05, 3.63) is 0 Å². The molecule has 0 aromatic carbocycles. The third-order valence-electron chi connectivity index (χ3n) is 6.13. The average Bonchev–Trinajstić information content (AvgIpc) is 3.11. The highest BCUT2D eigenvalue weighted by Gasteiger charge is 2.41. The van der Waals surface area contributed by atoms with Crippen LogP contribution >= 0.6 is 0 Å². The van der Waals surface area contributed by atoms with Gasteiger partial charge >= 0.3 is 0 Å². The van der Waals surface area contributed by atoms with Crippen molar-refractivity contribution in [3.8, 4) is 0 Å². The highest BCUT2D eigenvalue weighted by Crippen LogP contribution is 2.35. The number of piperidine rings is 1. The van der Waals surface area contributed by atoms with Crippen molar-refractivity contribution in [2.24, 2.45) is 0 Å². The minimum Gasteiger partial charge on any atom is -0.311 e. The molecule has 3 atom stereocenters. The van der Waals surface area contributed by atoms with Gasteiger partial charge in [0.15, 0.2) is 0 Å². The number of nitrogens with zero attached hydrogens (tertiary/aromatic N) is 2. The van der Waals surface area contributed by atoms with Gasteiger partial charge in [-0.25, -0.2) is 0 Å². The minimum atomic E-state index is 0.832. The average molecular weight is 277 g/mol. The van der Waals surface area contributed by atoms with E-state index in [1.54, 1.807) is 0 Å². The van der Waals surface area contributed by atoms with Gasteiger partial charge in [-0.15, -0.1) is 0 Å². The second-order valence-electron chi connectivity index (χ2n) is 7.67. The van der Waals surface area contributed by atoms with Crippen molar-refractivity contribution >= 4 is 0 Å². The lowest BCUT2D eigenvalue weighted by molar-refractivity contribution is 0.0948. The Morgan fingerprint density at radius 1 is 1.00 bits per heavy atom. The molecular formula is C17H31N3. The molecule has 3 heteroatoms. The van der Waals surface area contributed by atoms with E-state index in [-0.39, 0.29) is 0 Å². The molecule has 114 valence electrons. The Bertz CT molecular complexity index is 329. The number of hydrogen-bond acceptors (Lipinski definition) is 3.